The Morgan fingerprint density at radius 3 is 2.62 bits per heavy atom. The highest BCUT2D eigenvalue weighted by Gasteiger charge is 2.21. The van der Waals surface area contributed by atoms with Crippen LogP contribution in [-0.2, 0) is 6.54 Å². The second-order valence-corrected chi connectivity index (χ2v) is 6.51. The summed E-state index contributed by atoms with van der Waals surface area (Å²) < 4.78 is 0. The molecule has 0 bridgehead atoms. The Labute approximate surface area is 163 Å². The minimum Gasteiger partial charge on any atom is -0.357 e. The highest BCUT2D eigenvalue weighted by molar-refractivity contribution is 14.0. The lowest BCUT2D eigenvalue weighted by molar-refractivity contribution is 0.167. The molecular formula is C18H32IN5. The second-order valence-electron chi connectivity index (χ2n) is 6.51. The van der Waals surface area contributed by atoms with Crippen LogP contribution in [0.2, 0.25) is 0 Å². The molecule has 1 fully saturated rings. The zero-order valence-electron chi connectivity index (χ0n) is 15.4. The molecule has 2 heterocycles. The summed E-state index contributed by atoms with van der Waals surface area (Å²) in [6, 6.07) is 7.23. The van der Waals surface area contributed by atoms with Gasteiger partial charge in [0.2, 0.25) is 0 Å². The molecule has 2 N–H and O–H groups in total. The van der Waals surface area contributed by atoms with E-state index in [-0.39, 0.29) is 24.0 Å². The number of likely N-dealkylation sites (tertiary alicyclic amines) is 1. The number of aromatic nitrogens is 1. The molecule has 0 spiro atoms. The summed E-state index contributed by atoms with van der Waals surface area (Å²) in [6.45, 7) is 12.5. The van der Waals surface area contributed by atoms with Crippen molar-refractivity contribution in [1.29, 1.82) is 0 Å². The van der Waals surface area contributed by atoms with Crippen LogP contribution in [0.4, 0.5) is 0 Å². The van der Waals surface area contributed by atoms with Crippen molar-refractivity contribution in [2.45, 2.75) is 59.2 Å². The van der Waals surface area contributed by atoms with Crippen molar-refractivity contribution in [2.75, 3.05) is 19.6 Å². The van der Waals surface area contributed by atoms with E-state index in [1.807, 2.05) is 25.1 Å². The van der Waals surface area contributed by atoms with Gasteiger partial charge in [0.25, 0.3) is 0 Å². The fourth-order valence-corrected chi connectivity index (χ4v) is 2.92. The molecule has 1 aromatic rings. The lowest BCUT2D eigenvalue weighted by atomic mass is 10.0. The van der Waals surface area contributed by atoms with Gasteiger partial charge in [-0.15, -0.1) is 24.0 Å². The van der Waals surface area contributed by atoms with Gasteiger partial charge in [0, 0.05) is 37.4 Å². The number of hydrogen-bond acceptors (Lipinski definition) is 3. The Kier molecular flexibility index (Phi) is 9.58. The third-order valence-corrected chi connectivity index (χ3v) is 4.29. The van der Waals surface area contributed by atoms with Crippen LogP contribution in [0.5, 0.6) is 0 Å². The number of nitrogens with zero attached hydrogens (tertiary/aromatic N) is 3. The smallest absolute Gasteiger partial charge is 0.191 e. The third-order valence-electron chi connectivity index (χ3n) is 4.29. The van der Waals surface area contributed by atoms with Gasteiger partial charge in [-0.05, 0) is 52.7 Å². The number of piperidine rings is 1. The molecule has 1 aliphatic rings. The van der Waals surface area contributed by atoms with Crippen molar-refractivity contribution < 1.29 is 0 Å². The van der Waals surface area contributed by atoms with Crippen molar-refractivity contribution in [1.82, 2.24) is 20.5 Å². The summed E-state index contributed by atoms with van der Waals surface area (Å²) in [6.07, 6.45) is 2.34. The Morgan fingerprint density at radius 2 is 2.04 bits per heavy atom. The summed E-state index contributed by atoms with van der Waals surface area (Å²) in [5.41, 5.74) is 2.05. The Morgan fingerprint density at radius 1 is 1.33 bits per heavy atom. The molecule has 0 amide bonds. The van der Waals surface area contributed by atoms with Gasteiger partial charge in [-0.2, -0.15) is 0 Å². The van der Waals surface area contributed by atoms with E-state index in [2.05, 4.69) is 41.3 Å². The molecule has 5 nitrogen and oxygen atoms in total. The van der Waals surface area contributed by atoms with Crippen molar-refractivity contribution >= 4 is 29.9 Å². The number of hydrogen-bond donors (Lipinski definition) is 2. The number of nitrogens with one attached hydrogen (secondary N) is 2. The predicted molar refractivity (Wildman–Crippen MR) is 112 cm³/mol. The Bertz CT molecular complexity index is 510. The van der Waals surface area contributed by atoms with E-state index in [4.69, 9.17) is 4.99 Å². The molecule has 1 saturated heterocycles. The summed E-state index contributed by atoms with van der Waals surface area (Å²) in [5, 5.41) is 6.93. The third kappa shape index (κ3) is 6.93. The molecule has 0 aromatic carbocycles. The van der Waals surface area contributed by atoms with E-state index in [0.717, 1.165) is 37.0 Å². The zero-order valence-corrected chi connectivity index (χ0v) is 17.7. The molecule has 2 rings (SSSR count). The standard InChI is InChI=1S/C18H31N5.HI/c1-5-19-18(20-13-17-8-6-7-15(4)21-17)22-16-9-11-23(12-10-16)14(2)3;/h6-8,14,16H,5,9-13H2,1-4H3,(H2,19,20,22);1H. The fraction of sp³-hybridized carbons (Fsp3) is 0.667. The van der Waals surface area contributed by atoms with Crippen molar-refractivity contribution in [3.05, 3.63) is 29.6 Å². The highest BCUT2D eigenvalue weighted by Crippen LogP contribution is 2.12. The van der Waals surface area contributed by atoms with Gasteiger partial charge in [-0.1, -0.05) is 6.07 Å². The molecule has 6 heteroatoms. The maximum Gasteiger partial charge on any atom is 0.191 e. The molecule has 136 valence electrons. The first kappa shape index (κ1) is 21.2. The molecule has 1 aliphatic heterocycles. The first-order chi connectivity index (χ1) is 11.1. The van der Waals surface area contributed by atoms with Crippen LogP contribution in [0.3, 0.4) is 0 Å². The lowest BCUT2D eigenvalue weighted by Gasteiger charge is -2.35. The van der Waals surface area contributed by atoms with Gasteiger partial charge in [0.1, 0.15) is 0 Å². The highest BCUT2D eigenvalue weighted by atomic mass is 127. The van der Waals surface area contributed by atoms with Crippen LogP contribution in [0.1, 0.15) is 45.0 Å². The molecule has 0 aliphatic carbocycles. The van der Waals surface area contributed by atoms with Crippen molar-refractivity contribution in [2.24, 2.45) is 4.99 Å². The van der Waals surface area contributed by atoms with Crippen LogP contribution >= 0.6 is 24.0 Å². The summed E-state index contributed by atoms with van der Waals surface area (Å²) in [4.78, 5) is 11.7. The van der Waals surface area contributed by atoms with E-state index in [1.165, 1.54) is 12.8 Å². The van der Waals surface area contributed by atoms with Gasteiger partial charge >= 0.3 is 0 Å². The molecular weight excluding hydrogens is 413 g/mol. The van der Waals surface area contributed by atoms with Gasteiger partial charge in [-0.25, -0.2) is 4.99 Å². The van der Waals surface area contributed by atoms with Crippen LogP contribution in [-0.4, -0.2) is 47.6 Å². The number of halogens is 1. The maximum absolute atomic E-state index is 4.69. The minimum absolute atomic E-state index is 0. The van der Waals surface area contributed by atoms with E-state index < -0.39 is 0 Å². The molecule has 0 atom stereocenters. The van der Waals surface area contributed by atoms with Crippen LogP contribution in [0.15, 0.2) is 23.2 Å². The maximum atomic E-state index is 4.69. The average molecular weight is 445 g/mol. The molecule has 0 unspecified atom stereocenters. The summed E-state index contributed by atoms with van der Waals surface area (Å²) >= 11 is 0. The van der Waals surface area contributed by atoms with E-state index in [0.29, 0.717) is 18.6 Å². The largest absolute Gasteiger partial charge is 0.357 e. The monoisotopic (exact) mass is 445 g/mol. The van der Waals surface area contributed by atoms with E-state index in [9.17, 15) is 0 Å². The van der Waals surface area contributed by atoms with Crippen molar-refractivity contribution in [3.63, 3.8) is 0 Å². The number of rotatable bonds is 5. The van der Waals surface area contributed by atoms with Crippen LogP contribution < -0.4 is 10.6 Å². The molecule has 0 radical (unpaired) electrons. The number of pyridine rings is 1. The summed E-state index contributed by atoms with van der Waals surface area (Å²) in [7, 11) is 0. The zero-order chi connectivity index (χ0) is 16.7. The van der Waals surface area contributed by atoms with Gasteiger partial charge < -0.3 is 15.5 Å². The molecule has 0 saturated carbocycles. The quantitative estimate of drug-likeness (QED) is 0.416. The molecule has 24 heavy (non-hydrogen) atoms. The van der Waals surface area contributed by atoms with E-state index in [1.54, 1.807) is 0 Å². The number of guanidine groups is 1. The second kappa shape index (κ2) is 10.9. The fourth-order valence-electron chi connectivity index (χ4n) is 2.92. The lowest BCUT2D eigenvalue weighted by Crippen LogP contribution is -2.49. The first-order valence-electron chi connectivity index (χ1n) is 8.80. The Hall–Kier alpha value is -0.890. The van der Waals surface area contributed by atoms with Crippen molar-refractivity contribution in [3.8, 4) is 0 Å². The first-order valence-corrected chi connectivity index (χ1v) is 8.80. The van der Waals surface area contributed by atoms with Gasteiger partial charge in [0.15, 0.2) is 5.96 Å². The van der Waals surface area contributed by atoms with Crippen LogP contribution in [0.25, 0.3) is 0 Å². The van der Waals surface area contributed by atoms with Gasteiger partial charge in [-0.3, -0.25) is 4.98 Å². The SMILES string of the molecule is CCNC(=NCc1cccc(C)n1)NC1CCN(C(C)C)CC1.I. The molecule has 1 aromatic heterocycles. The van der Waals surface area contributed by atoms with Gasteiger partial charge in [0.05, 0.1) is 12.2 Å². The number of aryl methyl sites for hydroxylation is 1. The average Bonchev–Trinajstić information content (AvgIpc) is 2.53. The van der Waals surface area contributed by atoms with E-state index >= 15 is 0 Å². The Balaban J connectivity index is 0.00000288. The minimum atomic E-state index is 0. The number of aliphatic imine (C=N–C) groups is 1. The normalized spacial score (nSPS) is 16.8. The predicted octanol–water partition coefficient (Wildman–Crippen LogP) is 2.94. The summed E-state index contributed by atoms with van der Waals surface area (Å²) in [5.74, 6) is 0.902. The van der Waals surface area contributed by atoms with Crippen LogP contribution in [0, 0.1) is 6.92 Å². The topological polar surface area (TPSA) is 52.6 Å².